The van der Waals surface area contributed by atoms with Crippen molar-refractivity contribution < 1.29 is 4.79 Å². The highest BCUT2D eigenvalue weighted by atomic mass is 79.9. The number of halogens is 4. The highest BCUT2D eigenvalue weighted by molar-refractivity contribution is 9.10. The molecule has 94 valence electrons. The van der Waals surface area contributed by atoms with Crippen molar-refractivity contribution in [3.8, 4) is 0 Å². The first kappa shape index (κ1) is 15.5. The second-order valence-corrected chi connectivity index (χ2v) is 6.35. The number of alkyl halides is 2. The SMILES string of the molecule is CC(CBr)(CBr)NC(=O)c1ccc(Br)cc1Cl. The van der Waals surface area contributed by atoms with E-state index in [-0.39, 0.29) is 11.4 Å². The molecule has 0 aliphatic rings. The van der Waals surface area contributed by atoms with Crippen molar-refractivity contribution in [2.45, 2.75) is 12.5 Å². The van der Waals surface area contributed by atoms with Crippen LogP contribution in [0.5, 0.6) is 0 Å². The van der Waals surface area contributed by atoms with Crippen molar-refractivity contribution in [1.29, 1.82) is 0 Å². The summed E-state index contributed by atoms with van der Waals surface area (Å²) in [5.41, 5.74) is 0.135. The van der Waals surface area contributed by atoms with Crippen molar-refractivity contribution in [2.75, 3.05) is 10.7 Å². The zero-order chi connectivity index (χ0) is 13.1. The lowest BCUT2D eigenvalue weighted by Gasteiger charge is -2.26. The minimum atomic E-state index is -0.340. The minimum absolute atomic E-state index is 0.177. The van der Waals surface area contributed by atoms with Crippen LogP contribution in [-0.4, -0.2) is 22.1 Å². The van der Waals surface area contributed by atoms with Gasteiger partial charge in [0.2, 0.25) is 0 Å². The van der Waals surface area contributed by atoms with Crippen molar-refractivity contribution >= 4 is 65.3 Å². The van der Waals surface area contributed by atoms with Crippen LogP contribution in [0.4, 0.5) is 0 Å². The predicted molar refractivity (Wildman–Crippen MR) is 82.6 cm³/mol. The fourth-order valence-electron chi connectivity index (χ4n) is 1.12. The van der Waals surface area contributed by atoms with E-state index < -0.39 is 0 Å². The molecule has 0 aromatic heterocycles. The van der Waals surface area contributed by atoms with Gasteiger partial charge in [-0.3, -0.25) is 4.79 Å². The molecule has 0 aliphatic heterocycles. The molecule has 0 bridgehead atoms. The quantitative estimate of drug-likeness (QED) is 0.681. The second-order valence-electron chi connectivity index (χ2n) is 3.91. The van der Waals surface area contributed by atoms with Crippen molar-refractivity contribution in [1.82, 2.24) is 5.32 Å². The molecule has 0 spiro atoms. The molecule has 17 heavy (non-hydrogen) atoms. The Morgan fingerprint density at radius 2 is 2.00 bits per heavy atom. The van der Waals surface area contributed by atoms with Gasteiger partial charge in [-0.25, -0.2) is 0 Å². The van der Waals surface area contributed by atoms with Gasteiger partial charge in [0.15, 0.2) is 0 Å². The second kappa shape index (κ2) is 6.55. The van der Waals surface area contributed by atoms with Gasteiger partial charge in [0.25, 0.3) is 5.91 Å². The molecule has 1 aromatic rings. The molecule has 0 atom stereocenters. The Labute approximate surface area is 131 Å². The molecule has 0 saturated heterocycles. The molecule has 1 amide bonds. The summed E-state index contributed by atoms with van der Waals surface area (Å²) in [5.74, 6) is -0.177. The van der Waals surface area contributed by atoms with E-state index >= 15 is 0 Å². The minimum Gasteiger partial charge on any atom is -0.345 e. The first-order valence-electron chi connectivity index (χ1n) is 4.81. The summed E-state index contributed by atoms with van der Waals surface area (Å²) in [6.07, 6.45) is 0. The standard InChI is InChI=1S/C11H11Br3ClNO/c1-11(5-12,6-13)16-10(17)8-3-2-7(14)4-9(8)15/h2-4H,5-6H2,1H3,(H,16,17). The molecule has 0 unspecified atom stereocenters. The molecule has 0 heterocycles. The molecule has 1 aromatic carbocycles. The van der Waals surface area contributed by atoms with Gasteiger partial charge in [0.1, 0.15) is 0 Å². The predicted octanol–water partition coefficient (Wildman–Crippen LogP) is 4.38. The average Bonchev–Trinajstić information content (AvgIpc) is 2.28. The first-order valence-corrected chi connectivity index (χ1v) is 8.23. The van der Waals surface area contributed by atoms with E-state index in [0.717, 1.165) is 4.47 Å². The number of nitrogens with one attached hydrogen (secondary N) is 1. The number of amides is 1. The lowest BCUT2D eigenvalue weighted by Crippen LogP contribution is -2.49. The van der Waals surface area contributed by atoms with Crippen LogP contribution in [0.25, 0.3) is 0 Å². The molecule has 0 aliphatic carbocycles. The van der Waals surface area contributed by atoms with Gasteiger partial charge >= 0.3 is 0 Å². The van der Waals surface area contributed by atoms with Crippen LogP contribution in [0, 0.1) is 0 Å². The zero-order valence-corrected chi connectivity index (χ0v) is 14.6. The monoisotopic (exact) mass is 445 g/mol. The zero-order valence-electron chi connectivity index (χ0n) is 9.07. The summed E-state index contributed by atoms with van der Waals surface area (Å²) in [4.78, 5) is 12.1. The first-order chi connectivity index (χ1) is 7.91. The summed E-state index contributed by atoms with van der Waals surface area (Å²) in [7, 11) is 0. The number of carbonyl (C=O) groups excluding carboxylic acids is 1. The largest absolute Gasteiger partial charge is 0.345 e. The number of benzene rings is 1. The Morgan fingerprint density at radius 3 is 2.47 bits per heavy atom. The molecule has 2 nitrogen and oxygen atoms in total. The van der Waals surface area contributed by atoms with E-state index in [2.05, 4.69) is 53.1 Å². The molecule has 0 saturated carbocycles. The normalized spacial score (nSPS) is 11.4. The molecule has 6 heteroatoms. The maximum atomic E-state index is 12.1. The van der Waals surface area contributed by atoms with Crippen LogP contribution in [0.3, 0.4) is 0 Å². The Kier molecular flexibility index (Phi) is 5.96. The fourth-order valence-corrected chi connectivity index (χ4v) is 3.09. The molecule has 0 radical (unpaired) electrons. The lowest BCUT2D eigenvalue weighted by atomic mass is 10.1. The average molecular weight is 448 g/mol. The van der Waals surface area contributed by atoms with Crippen LogP contribution in [0.2, 0.25) is 5.02 Å². The third-order valence-corrected chi connectivity index (χ3v) is 5.46. The van der Waals surface area contributed by atoms with E-state index in [0.29, 0.717) is 21.2 Å². The summed E-state index contributed by atoms with van der Waals surface area (Å²) < 4.78 is 0.850. The Hall–Kier alpha value is 0.420. The maximum Gasteiger partial charge on any atom is 0.253 e. The van der Waals surface area contributed by atoms with E-state index in [1.807, 2.05) is 6.92 Å². The highest BCUT2D eigenvalue weighted by Crippen LogP contribution is 2.22. The van der Waals surface area contributed by atoms with E-state index in [1.165, 1.54) is 0 Å². The molecule has 1 rings (SSSR count). The molecule has 1 N–H and O–H groups in total. The van der Waals surface area contributed by atoms with Crippen LogP contribution < -0.4 is 5.32 Å². The van der Waals surface area contributed by atoms with Gasteiger partial charge in [0, 0.05) is 15.1 Å². The third-order valence-electron chi connectivity index (χ3n) is 2.18. The van der Waals surface area contributed by atoms with Crippen LogP contribution in [0.15, 0.2) is 22.7 Å². The summed E-state index contributed by atoms with van der Waals surface area (Å²) in [5, 5.41) is 4.69. The lowest BCUT2D eigenvalue weighted by molar-refractivity contribution is 0.0923. The van der Waals surface area contributed by atoms with Crippen molar-refractivity contribution in [3.05, 3.63) is 33.3 Å². The Morgan fingerprint density at radius 1 is 1.41 bits per heavy atom. The van der Waals surface area contributed by atoms with Gasteiger partial charge < -0.3 is 5.32 Å². The van der Waals surface area contributed by atoms with Gasteiger partial charge in [0.05, 0.1) is 16.1 Å². The molecular formula is C11H11Br3ClNO. The maximum absolute atomic E-state index is 12.1. The van der Waals surface area contributed by atoms with Gasteiger partial charge in [-0.15, -0.1) is 0 Å². The van der Waals surface area contributed by atoms with Crippen LogP contribution >= 0.6 is 59.4 Å². The summed E-state index contributed by atoms with van der Waals surface area (Å²) in [6.45, 7) is 1.95. The topological polar surface area (TPSA) is 29.1 Å². The van der Waals surface area contributed by atoms with E-state index in [9.17, 15) is 4.79 Å². The third kappa shape index (κ3) is 4.23. The number of rotatable bonds is 4. The van der Waals surface area contributed by atoms with E-state index in [4.69, 9.17) is 11.6 Å². The van der Waals surface area contributed by atoms with Crippen molar-refractivity contribution in [2.24, 2.45) is 0 Å². The smallest absolute Gasteiger partial charge is 0.253 e. The van der Waals surface area contributed by atoms with Crippen molar-refractivity contribution in [3.63, 3.8) is 0 Å². The summed E-state index contributed by atoms with van der Waals surface area (Å²) >= 11 is 16.1. The summed E-state index contributed by atoms with van der Waals surface area (Å²) in [6, 6.07) is 5.20. The number of hydrogen-bond acceptors (Lipinski definition) is 1. The molecular weight excluding hydrogens is 437 g/mol. The fraction of sp³-hybridized carbons (Fsp3) is 0.364. The van der Waals surface area contributed by atoms with Gasteiger partial charge in [-0.05, 0) is 25.1 Å². The van der Waals surface area contributed by atoms with Gasteiger partial charge in [-0.2, -0.15) is 0 Å². The van der Waals surface area contributed by atoms with Crippen LogP contribution in [-0.2, 0) is 0 Å². The van der Waals surface area contributed by atoms with E-state index in [1.54, 1.807) is 18.2 Å². The number of carbonyl (C=O) groups is 1. The molecule has 0 fully saturated rings. The Balaban J connectivity index is 2.90. The highest BCUT2D eigenvalue weighted by Gasteiger charge is 2.25. The Bertz CT molecular complexity index is 421. The van der Waals surface area contributed by atoms with Gasteiger partial charge in [-0.1, -0.05) is 59.4 Å². The van der Waals surface area contributed by atoms with Crippen LogP contribution in [0.1, 0.15) is 17.3 Å². The number of hydrogen-bond donors (Lipinski definition) is 1.